The molecule has 3 aromatic carbocycles. The lowest BCUT2D eigenvalue weighted by atomic mass is 9.73. The van der Waals surface area contributed by atoms with Gasteiger partial charge in [0.25, 0.3) is 0 Å². The molecule has 2 aliphatic rings. The molecule has 0 bridgehead atoms. The molecule has 0 saturated heterocycles. The van der Waals surface area contributed by atoms with Crippen LogP contribution in [0.15, 0.2) is 60.7 Å². The number of hydrogen-bond acceptors (Lipinski definition) is 2. The summed E-state index contributed by atoms with van der Waals surface area (Å²) in [5, 5.41) is 17.5. The Morgan fingerprint density at radius 3 is 2.64 bits per heavy atom. The van der Waals surface area contributed by atoms with E-state index in [1.54, 1.807) is 0 Å². The smallest absolute Gasteiger partial charge is 0.0845 e. The Balaban J connectivity index is 1.60. The minimum Gasteiger partial charge on any atom is -0.388 e. The second-order valence-corrected chi connectivity index (χ2v) is 7.39. The third kappa shape index (κ3) is 2.40. The highest BCUT2D eigenvalue weighted by Gasteiger charge is 2.37. The zero-order chi connectivity index (χ0) is 16.8. The van der Waals surface area contributed by atoms with E-state index in [9.17, 15) is 5.11 Å². The molecule has 2 heteroatoms. The normalized spacial score (nSPS) is 25.4. The Bertz CT molecular complexity index is 932. The molecule has 0 aromatic heterocycles. The van der Waals surface area contributed by atoms with Crippen LogP contribution in [0.25, 0.3) is 10.8 Å². The number of fused-ring (bicyclic) bond motifs is 4. The van der Waals surface area contributed by atoms with Crippen LogP contribution in [0.5, 0.6) is 0 Å². The molecule has 0 amide bonds. The largest absolute Gasteiger partial charge is 0.388 e. The fourth-order valence-electron chi connectivity index (χ4n) is 4.87. The number of hydrogen-bond donors (Lipinski definition) is 2. The third-order valence-corrected chi connectivity index (χ3v) is 6.09. The summed E-state index contributed by atoms with van der Waals surface area (Å²) < 4.78 is 0. The summed E-state index contributed by atoms with van der Waals surface area (Å²) in [5.41, 5.74) is 5.27. The summed E-state index contributed by atoms with van der Waals surface area (Å²) in [6.45, 7) is 0.993. The van der Waals surface area contributed by atoms with E-state index in [1.165, 1.54) is 27.5 Å². The minimum absolute atomic E-state index is 0.222. The van der Waals surface area contributed by atoms with E-state index in [2.05, 4.69) is 66.0 Å². The van der Waals surface area contributed by atoms with Crippen molar-refractivity contribution in [2.24, 2.45) is 5.92 Å². The van der Waals surface area contributed by atoms with E-state index < -0.39 is 6.10 Å². The Hall–Kier alpha value is -2.16. The van der Waals surface area contributed by atoms with E-state index in [-0.39, 0.29) is 12.0 Å². The van der Waals surface area contributed by atoms with Gasteiger partial charge >= 0.3 is 0 Å². The van der Waals surface area contributed by atoms with E-state index in [0.29, 0.717) is 0 Å². The van der Waals surface area contributed by atoms with Crippen LogP contribution < -0.4 is 5.32 Å². The maximum absolute atomic E-state index is 11.4. The number of aliphatic hydroxyl groups is 1. The van der Waals surface area contributed by atoms with Crippen LogP contribution in [-0.2, 0) is 12.8 Å². The Labute approximate surface area is 148 Å². The molecular weight excluding hydrogens is 306 g/mol. The lowest BCUT2D eigenvalue weighted by molar-refractivity contribution is 0.0688. The summed E-state index contributed by atoms with van der Waals surface area (Å²) in [5.74, 6) is 0.222. The first-order chi connectivity index (χ1) is 12.3. The predicted octanol–water partition coefficient (Wildman–Crippen LogP) is 4.32. The van der Waals surface area contributed by atoms with Crippen molar-refractivity contribution in [3.8, 4) is 0 Å². The summed E-state index contributed by atoms with van der Waals surface area (Å²) in [4.78, 5) is 0. The van der Waals surface area contributed by atoms with E-state index in [1.807, 2.05) is 0 Å². The molecule has 126 valence electrons. The monoisotopic (exact) mass is 329 g/mol. The Morgan fingerprint density at radius 2 is 1.68 bits per heavy atom. The van der Waals surface area contributed by atoms with Crippen LogP contribution in [0.2, 0.25) is 0 Å². The van der Waals surface area contributed by atoms with Crippen LogP contribution in [0.3, 0.4) is 0 Å². The zero-order valence-corrected chi connectivity index (χ0v) is 14.3. The lowest BCUT2D eigenvalue weighted by Crippen LogP contribution is -2.39. The number of benzene rings is 3. The van der Waals surface area contributed by atoms with Gasteiger partial charge < -0.3 is 10.4 Å². The molecule has 0 unspecified atom stereocenters. The second kappa shape index (κ2) is 5.98. The quantitative estimate of drug-likeness (QED) is 0.697. The molecule has 0 saturated carbocycles. The first kappa shape index (κ1) is 15.1. The van der Waals surface area contributed by atoms with Gasteiger partial charge in [0, 0.05) is 12.0 Å². The van der Waals surface area contributed by atoms with Crippen LogP contribution >= 0.6 is 0 Å². The highest BCUT2D eigenvalue weighted by molar-refractivity contribution is 5.87. The van der Waals surface area contributed by atoms with Crippen LogP contribution in [0, 0.1) is 5.92 Å². The number of aliphatic hydroxyl groups excluding tert-OH is 1. The molecule has 2 N–H and O–H groups in total. The molecule has 3 atom stereocenters. The van der Waals surface area contributed by atoms with Crippen molar-refractivity contribution < 1.29 is 5.11 Å². The summed E-state index contributed by atoms with van der Waals surface area (Å²) in [7, 11) is 0. The zero-order valence-electron chi connectivity index (χ0n) is 14.3. The molecular formula is C23H23NO. The van der Waals surface area contributed by atoms with Gasteiger partial charge in [-0.15, -0.1) is 0 Å². The van der Waals surface area contributed by atoms with Crippen molar-refractivity contribution in [3.63, 3.8) is 0 Å². The van der Waals surface area contributed by atoms with Gasteiger partial charge in [0.1, 0.15) is 0 Å². The first-order valence-electron chi connectivity index (χ1n) is 9.33. The maximum Gasteiger partial charge on any atom is 0.0845 e. The van der Waals surface area contributed by atoms with Crippen LogP contribution in [-0.4, -0.2) is 11.7 Å². The van der Waals surface area contributed by atoms with Gasteiger partial charge in [0.05, 0.1) is 6.10 Å². The molecule has 1 aliphatic carbocycles. The number of rotatable bonds is 1. The SMILES string of the molecule is O[C@@H]1c2c(ccc3ccccc23)CC[C@@H]1[C@H]1NCCc2ccccc21. The summed E-state index contributed by atoms with van der Waals surface area (Å²) in [6, 6.07) is 21.8. The second-order valence-electron chi connectivity index (χ2n) is 7.39. The molecule has 3 aromatic rings. The van der Waals surface area contributed by atoms with Gasteiger partial charge in [-0.3, -0.25) is 0 Å². The molecule has 1 heterocycles. The highest BCUT2D eigenvalue weighted by atomic mass is 16.3. The number of nitrogens with one attached hydrogen (secondary N) is 1. The molecule has 1 aliphatic heterocycles. The maximum atomic E-state index is 11.4. The van der Waals surface area contributed by atoms with Crippen molar-refractivity contribution >= 4 is 10.8 Å². The standard InChI is InChI=1S/C23H23NO/c25-23-20(22-19-8-4-2-6-16(19)13-14-24-22)12-11-17-10-9-15-5-1-3-7-18(15)21(17)23/h1-10,20,22-25H,11-14H2/t20-,22+,23+/m1/s1. The molecule has 25 heavy (non-hydrogen) atoms. The average Bonchev–Trinajstić information content (AvgIpc) is 2.68. The average molecular weight is 329 g/mol. The van der Waals surface area contributed by atoms with Crippen molar-refractivity contribution in [1.82, 2.24) is 5.32 Å². The molecule has 2 nitrogen and oxygen atoms in total. The van der Waals surface area contributed by atoms with E-state index in [4.69, 9.17) is 0 Å². The van der Waals surface area contributed by atoms with Gasteiger partial charge in [0.15, 0.2) is 0 Å². The van der Waals surface area contributed by atoms with Gasteiger partial charge in [-0.2, -0.15) is 0 Å². The minimum atomic E-state index is -0.418. The molecule has 0 radical (unpaired) electrons. The fourth-order valence-corrected chi connectivity index (χ4v) is 4.87. The van der Waals surface area contributed by atoms with E-state index >= 15 is 0 Å². The topological polar surface area (TPSA) is 32.3 Å². The van der Waals surface area contributed by atoms with E-state index in [0.717, 1.165) is 31.4 Å². The molecule has 5 rings (SSSR count). The summed E-state index contributed by atoms with van der Waals surface area (Å²) in [6.07, 6.45) is 2.73. The van der Waals surface area contributed by atoms with Crippen molar-refractivity contribution in [2.45, 2.75) is 31.4 Å². The summed E-state index contributed by atoms with van der Waals surface area (Å²) >= 11 is 0. The van der Waals surface area contributed by atoms with Crippen LogP contribution in [0.1, 0.15) is 40.8 Å². The molecule has 0 fully saturated rings. The van der Waals surface area contributed by atoms with Gasteiger partial charge in [-0.1, -0.05) is 60.7 Å². The predicted molar refractivity (Wildman–Crippen MR) is 102 cm³/mol. The number of aryl methyl sites for hydroxylation is 1. The highest BCUT2D eigenvalue weighted by Crippen LogP contribution is 2.45. The third-order valence-electron chi connectivity index (χ3n) is 6.09. The van der Waals surface area contributed by atoms with Crippen molar-refractivity contribution in [1.29, 1.82) is 0 Å². The fraction of sp³-hybridized carbons (Fsp3) is 0.304. The Kier molecular flexibility index (Phi) is 3.61. The van der Waals surface area contributed by atoms with Gasteiger partial charge in [-0.25, -0.2) is 0 Å². The van der Waals surface area contributed by atoms with Gasteiger partial charge in [0.2, 0.25) is 0 Å². The van der Waals surface area contributed by atoms with Crippen LogP contribution in [0.4, 0.5) is 0 Å². The lowest BCUT2D eigenvalue weighted by Gasteiger charge is -2.39. The van der Waals surface area contributed by atoms with Crippen molar-refractivity contribution in [3.05, 3.63) is 82.9 Å². The first-order valence-corrected chi connectivity index (χ1v) is 9.33. The Morgan fingerprint density at radius 1 is 0.840 bits per heavy atom. The van der Waals surface area contributed by atoms with Crippen molar-refractivity contribution in [2.75, 3.05) is 6.54 Å². The van der Waals surface area contributed by atoms with Gasteiger partial charge in [-0.05, 0) is 58.8 Å². The molecule has 0 spiro atoms.